The SMILES string of the molecule is CC(C)CCN(C1CC1)S(=O)(=O)CC1CCCNC1. The molecule has 1 N–H and O–H groups in total. The normalized spacial score (nSPS) is 25.2. The first-order chi connectivity index (χ1) is 8.99. The Balaban J connectivity index is 1.93. The molecule has 4 nitrogen and oxygen atoms in total. The van der Waals surface area contributed by atoms with Crippen molar-refractivity contribution in [1.29, 1.82) is 0 Å². The van der Waals surface area contributed by atoms with E-state index in [0.717, 1.165) is 45.2 Å². The average Bonchev–Trinajstić information content (AvgIpc) is 3.13. The summed E-state index contributed by atoms with van der Waals surface area (Å²) in [6.07, 6.45) is 5.24. The van der Waals surface area contributed by atoms with Crippen LogP contribution in [0.4, 0.5) is 0 Å². The maximum absolute atomic E-state index is 12.6. The molecule has 0 aromatic carbocycles. The minimum absolute atomic E-state index is 0.305. The summed E-state index contributed by atoms with van der Waals surface area (Å²) >= 11 is 0. The topological polar surface area (TPSA) is 49.4 Å². The molecule has 1 saturated heterocycles. The van der Waals surface area contributed by atoms with Gasteiger partial charge in [0.15, 0.2) is 0 Å². The number of hydrogen-bond acceptors (Lipinski definition) is 3. The van der Waals surface area contributed by atoms with Crippen LogP contribution >= 0.6 is 0 Å². The van der Waals surface area contributed by atoms with Crippen molar-refractivity contribution in [1.82, 2.24) is 9.62 Å². The van der Waals surface area contributed by atoms with Crippen molar-refractivity contribution in [2.45, 2.75) is 52.0 Å². The van der Waals surface area contributed by atoms with Crippen LogP contribution in [-0.2, 0) is 10.0 Å². The van der Waals surface area contributed by atoms with Crippen molar-refractivity contribution in [2.24, 2.45) is 11.8 Å². The molecule has 19 heavy (non-hydrogen) atoms. The van der Waals surface area contributed by atoms with E-state index in [1.54, 1.807) is 0 Å². The van der Waals surface area contributed by atoms with Gasteiger partial charge in [0, 0.05) is 12.6 Å². The third-order valence-electron chi connectivity index (χ3n) is 4.08. The molecule has 1 aliphatic carbocycles. The first kappa shape index (κ1) is 15.3. The number of nitrogens with zero attached hydrogens (tertiary/aromatic N) is 1. The Morgan fingerprint density at radius 1 is 1.26 bits per heavy atom. The third-order valence-corrected chi connectivity index (χ3v) is 6.17. The molecule has 112 valence electrons. The highest BCUT2D eigenvalue weighted by Gasteiger charge is 2.37. The molecule has 0 bridgehead atoms. The van der Waals surface area contributed by atoms with Crippen LogP contribution in [0.3, 0.4) is 0 Å². The number of piperidine rings is 1. The Morgan fingerprint density at radius 2 is 2.00 bits per heavy atom. The summed E-state index contributed by atoms with van der Waals surface area (Å²) < 4.78 is 27.0. The average molecular weight is 288 g/mol. The van der Waals surface area contributed by atoms with Crippen molar-refractivity contribution in [3.8, 4) is 0 Å². The van der Waals surface area contributed by atoms with Crippen LogP contribution in [0.15, 0.2) is 0 Å². The van der Waals surface area contributed by atoms with Gasteiger partial charge in [0.1, 0.15) is 0 Å². The molecule has 2 rings (SSSR count). The summed E-state index contributed by atoms with van der Waals surface area (Å²) in [6.45, 7) is 6.93. The molecule has 1 atom stereocenters. The molecule has 5 heteroatoms. The molecule has 0 aromatic heterocycles. The fourth-order valence-corrected chi connectivity index (χ4v) is 4.88. The van der Waals surface area contributed by atoms with Gasteiger partial charge in [-0.3, -0.25) is 0 Å². The Kier molecular flexibility index (Phi) is 5.26. The first-order valence-electron chi connectivity index (χ1n) is 7.69. The summed E-state index contributed by atoms with van der Waals surface area (Å²) in [5.41, 5.74) is 0. The van der Waals surface area contributed by atoms with E-state index >= 15 is 0 Å². The molecule has 1 aliphatic heterocycles. The van der Waals surface area contributed by atoms with Gasteiger partial charge in [-0.05, 0) is 57.0 Å². The predicted octanol–water partition coefficient (Wildman–Crippen LogP) is 1.83. The van der Waals surface area contributed by atoms with Gasteiger partial charge in [-0.25, -0.2) is 8.42 Å². The van der Waals surface area contributed by atoms with Gasteiger partial charge in [-0.15, -0.1) is 0 Å². The van der Waals surface area contributed by atoms with Gasteiger partial charge >= 0.3 is 0 Å². The third kappa shape index (κ3) is 4.72. The second-order valence-corrected chi connectivity index (χ2v) is 8.48. The van der Waals surface area contributed by atoms with Gasteiger partial charge in [-0.1, -0.05) is 13.8 Å². The Morgan fingerprint density at radius 3 is 2.53 bits per heavy atom. The first-order valence-corrected chi connectivity index (χ1v) is 9.30. The zero-order valence-electron chi connectivity index (χ0n) is 12.3. The molecule has 0 spiro atoms. The molecule has 1 saturated carbocycles. The second kappa shape index (κ2) is 6.55. The molecular formula is C14H28N2O2S. The van der Waals surface area contributed by atoms with Crippen molar-refractivity contribution >= 4 is 10.0 Å². The minimum atomic E-state index is -3.06. The minimum Gasteiger partial charge on any atom is -0.316 e. The molecule has 2 fully saturated rings. The van der Waals surface area contributed by atoms with Crippen LogP contribution in [-0.4, -0.2) is 44.2 Å². The number of sulfonamides is 1. The van der Waals surface area contributed by atoms with Crippen molar-refractivity contribution in [2.75, 3.05) is 25.4 Å². The van der Waals surface area contributed by atoms with Crippen LogP contribution in [0.5, 0.6) is 0 Å². The van der Waals surface area contributed by atoms with E-state index in [4.69, 9.17) is 0 Å². The highest BCUT2D eigenvalue weighted by molar-refractivity contribution is 7.89. The lowest BCUT2D eigenvalue weighted by Crippen LogP contribution is -2.41. The van der Waals surface area contributed by atoms with Crippen LogP contribution in [0.1, 0.15) is 46.0 Å². The van der Waals surface area contributed by atoms with Crippen molar-refractivity contribution in [3.63, 3.8) is 0 Å². The fourth-order valence-electron chi connectivity index (χ4n) is 2.76. The second-order valence-electron chi connectivity index (χ2n) is 6.52. The lowest BCUT2D eigenvalue weighted by atomic mass is 10.0. The van der Waals surface area contributed by atoms with Gasteiger partial charge in [0.2, 0.25) is 10.0 Å². The standard InChI is InChI=1S/C14H28N2O2S/c1-12(2)7-9-16(14-5-6-14)19(17,18)11-13-4-3-8-15-10-13/h12-15H,3-11H2,1-2H3. The maximum Gasteiger partial charge on any atom is 0.214 e. The van der Waals surface area contributed by atoms with Crippen LogP contribution in [0.25, 0.3) is 0 Å². The molecule has 2 aliphatic rings. The van der Waals surface area contributed by atoms with Crippen molar-refractivity contribution < 1.29 is 8.42 Å². The van der Waals surface area contributed by atoms with Gasteiger partial charge < -0.3 is 5.32 Å². The Hall–Kier alpha value is -0.130. The highest BCUT2D eigenvalue weighted by Crippen LogP contribution is 2.31. The molecule has 1 unspecified atom stereocenters. The zero-order chi connectivity index (χ0) is 13.9. The van der Waals surface area contributed by atoms with Crippen molar-refractivity contribution in [3.05, 3.63) is 0 Å². The van der Waals surface area contributed by atoms with Gasteiger partial charge in [0.25, 0.3) is 0 Å². The molecule has 0 amide bonds. The molecule has 1 heterocycles. The smallest absolute Gasteiger partial charge is 0.214 e. The van der Waals surface area contributed by atoms with E-state index in [1.165, 1.54) is 0 Å². The van der Waals surface area contributed by atoms with Gasteiger partial charge in [0.05, 0.1) is 5.75 Å². The summed E-state index contributed by atoms with van der Waals surface area (Å²) in [4.78, 5) is 0. The fraction of sp³-hybridized carbons (Fsp3) is 1.00. The lowest BCUT2D eigenvalue weighted by Gasteiger charge is -2.27. The van der Waals surface area contributed by atoms with Crippen LogP contribution in [0.2, 0.25) is 0 Å². The molecule has 0 radical (unpaired) electrons. The monoisotopic (exact) mass is 288 g/mol. The van der Waals surface area contributed by atoms with E-state index in [-0.39, 0.29) is 0 Å². The summed E-state index contributed by atoms with van der Waals surface area (Å²) in [7, 11) is -3.06. The van der Waals surface area contributed by atoms with E-state index in [0.29, 0.717) is 30.2 Å². The zero-order valence-corrected chi connectivity index (χ0v) is 13.1. The quantitative estimate of drug-likeness (QED) is 0.777. The van der Waals surface area contributed by atoms with Gasteiger partial charge in [-0.2, -0.15) is 4.31 Å². The van der Waals surface area contributed by atoms with Crippen LogP contribution in [0, 0.1) is 11.8 Å². The lowest BCUT2D eigenvalue weighted by molar-refractivity contribution is 0.356. The van der Waals surface area contributed by atoms with Crippen LogP contribution < -0.4 is 5.32 Å². The predicted molar refractivity (Wildman–Crippen MR) is 78.6 cm³/mol. The Bertz CT molecular complexity index is 371. The molecule has 0 aromatic rings. The number of hydrogen-bond donors (Lipinski definition) is 1. The van der Waals surface area contributed by atoms with E-state index < -0.39 is 10.0 Å². The Labute approximate surface area is 118 Å². The summed E-state index contributed by atoms with van der Waals surface area (Å²) in [6, 6.07) is 0.306. The maximum atomic E-state index is 12.6. The molecular weight excluding hydrogens is 260 g/mol. The van der Waals surface area contributed by atoms with E-state index in [9.17, 15) is 8.42 Å². The summed E-state index contributed by atoms with van der Waals surface area (Å²) in [5, 5.41) is 3.31. The van der Waals surface area contributed by atoms with E-state index in [2.05, 4.69) is 19.2 Å². The highest BCUT2D eigenvalue weighted by atomic mass is 32.2. The summed E-state index contributed by atoms with van der Waals surface area (Å²) in [5.74, 6) is 1.21. The number of nitrogens with one attached hydrogen (secondary N) is 1. The van der Waals surface area contributed by atoms with E-state index in [1.807, 2.05) is 4.31 Å². The number of rotatable bonds is 7. The largest absolute Gasteiger partial charge is 0.316 e.